The second-order valence-electron chi connectivity index (χ2n) is 4.60. The smallest absolute Gasteiger partial charge is 0.159 e. The van der Waals surface area contributed by atoms with Gasteiger partial charge in [0.15, 0.2) is 5.78 Å². The largest absolute Gasteiger partial charge is 0.385 e. The van der Waals surface area contributed by atoms with Crippen molar-refractivity contribution in [2.24, 2.45) is 0 Å². The molecule has 0 aromatic heterocycles. The first kappa shape index (κ1) is 12.3. The third kappa shape index (κ3) is 2.93. The number of benzene rings is 1. The van der Waals surface area contributed by atoms with Gasteiger partial charge in [0.05, 0.1) is 0 Å². The van der Waals surface area contributed by atoms with Crippen LogP contribution in [0.25, 0.3) is 0 Å². The van der Waals surface area contributed by atoms with Crippen LogP contribution in [0, 0.1) is 0 Å². The molecule has 0 radical (unpaired) electrons. The normalized spacial score (nSPS) is 14.9. The first-order chi connectivity index (χ1) is 8.20. The summed E-state index contributed by atoms with van der Waals surface area (Å²) in [7, 11) is 1.73. The van der Waals surface area contributed by atoms with Gasteiger partial charge in [0.2, 0.25) is 0 Å². The highest BCUT2D eigenvalue weighted by molar-refractivity contribution is 5.94. The fourth-order valence-electron chi connectivity index (χ4n) is 2.27. The average Bonchev–Trinajstić information content (AvgIpc) is 2.70. The van der Waals surface area contributed by atoms with E-state index in [4.69, 9.17) is 4.74 Å². The predicted octanol–water partition coefficient (Wildman–Crippen LogP) is 2.24. The summed E-state index contributed by atoms with van der Waals surface area (Å²) in [5.74, 6) is 0.144. The molecule has 2 rings (SSSR count). The third-order valence-electron chi connectivity index (χ3n) is 3.22. The van der Waals surface area contributed by atoms with Crippen molar-refractivity contribution in [3.8, 4) is 0 Å². The highest BCUT2D eigenvalue weighted by atomic mass is 16.5. The number of carbonyl (C=O) groups excluding carboxylic acids is 1. The molecule has 0 aliphatic carbocycles. The maximum Gasteiger partial charge on any atom is 0.159 e. The summed E-state index contributed by atoms with van der Waals surface area (Å²) in [6, 6.07) is 6.05. The second kappa shape index (κ2) is 5.43. The molecule has 0 fully saturated rings. The molecule has 17 heavy (non-hydrogen) atoms. The van der Waals surface area contributed by atoms with Crippen molar-refractivity contribution in [2.45, 2.75) is 26.4 Å². The van der Waals surface area contributed by atoms with Crippen molar-refractivity contribution < 1.29 is 9.53 Å². The number of carbonyl (C=O) groups is 1. The van der Waals surface area contributed by atoms with Crippen molar-refractivity contribution >= 4 is 5.78 Å². The van der Waals surface area contributed by atoms with Crippen LogP contribution in [0.15, 0.2) is 18.2 Å². The third-order valence-corrected chi connectivity index (χ3v) is 3.22. The molecule has 1 heterocycles. The van der Waals surface area contributed by atoms with E-state index in [1.54, 1.807) is 14.0 Å². The van der Waals surface area contributed by atoms with Crippen LogP contribution >= 0.6 is 0 Å². The molecule has 3 heteroatoms. The monoisotopic (exact) mass is 233 g/mol. The minimum atomic E-state index is 0.144. The number of ketones is 1. The quantitative estimate of drug-likeness (QED) is 0.577. The van der Waals surface area contributed by atoms with Crippen molar-refractivity contribution in [3.63, 3.8) is 0 Å². The molecule has 3 nitrogen and oxygen atoms in total. The molecule has 0 N–H and O–H groups in total. The number of fused-ring (bicyclic) bond motifs is 1. The molecule has 1 aromatic rings. The van der Waals surface area contributed by atoms with Crippen LogP contribution in [0.3, 0.4) is 0 Å². The van der Waals surface area contributed by atoms with Crippen molar-refractivity contribution in [2.75, 3.05) is 20.3 Å². The first-order valence-electron chi connectivity index (χ1n) is 6.04. The summed E-state index contributed by atoms with van der Waals surface area (Å²) in [4.78, 5) is 13.7. The Labute approximate surface area is 102 Å². The topological polar surface area (TPSA) is 29.5 Å². The molecule has 1 aliphatic heterocycles. The highest BCUT2D eigenvalue weighted by Gasteiger charge is 2.18. The zero-order valence-corrected chi connectivity index (χ0v) is 10.5. The van der Waals surface area contributed by atoms with Crippen LogP contribution in [0.5, 0.6) is 0 Å². The molecule has 0 spiro atoms. The fourth-order valence-corrected chi connectivity index (χ4v) is 2.27. The van der Waals surface area contributed by atoms with Gasteiger partial charge < -0.3 is 4.74 Å². The summed E-state index contributed by atoms with van der Waals surface area (Å²) in [6.07, 6.45) is 1.06. The van der Waals surface area contributed by atoms with Crippen molar-refractivity contribution in [1.29, 1.82) is 0 Å². The lowest BCUT2D eigenvalue weighted by Gasteiger charge is -2.13. The van der Waals surface area contributed by atoms with Gasteiger partial charge in [0.1, 0.15) is 0 Å². The van der Waals surface area contributed by atoms with Gasteiger partial charge in [-0.3, -0.25) is 9.69 Å². The zero-order valence-electron chi connectivity index (χ0n) is 10.5. The van der Waals surface area contributed by atoms with Crippen LogP contribution in [0.1, 0.15) is 34.8 Å². The average molecular weight is 233 g/mol. The second-order valence-corrected chi connectivity index (χ2v) is 4.60. The molecule has 0 atom stereocenters. The molecule has 0 saturated carbocycles. The summed E-state index contributed by atoms with van der Waals surface area (Å²) < 4.78 is 5.06. The SMILES string of the molecule is COCCCN1Cc2ccc(C(C)=O)cc2C1. The molecule has 1 aromatic carbocycles. The number of ether oxygens (including phenoxy) is 1. The molecule has 0 amide bonds. The molecular weight excluding hydrogens is 214 g/mol. The Hall–Kier alpha value is -1.19. The minimum absolute atomic E-state index is 0.144. The van der Waals surface area contributed by atoms with Crippen LogP contribution < -0.4 is 0 Å². The number of rotatable bonds is 5. The number of hydrogen-bond donors (Lipinski definition) is 0. The highest BCUT2D eigenvalue weighted by Crippen LogP contribution is 2.24. The van der Waals surface area contributed by atoms with Gasteiger partial charge in [0.25, 0.3) is 0 Å². The summed E-state index contributed by atoms with van der Waals surface area (Å²) in [5.41, 5.74) is 3.48. The molecule has 0 unspecified atom stereocenters. The predicted molar refractivity (Wildman–Crippen MR) is 67.1 cm³/mol. The Kier molecular flexibility index (Phi) is 3.92. The van der Waals surface area contributed by atoms with Gasteiger partial charge in [-0.05, 0) is 30.5 Å². The molecule has 1 aliphatic rings. The summed E-state index contributed by atoms with van der Waals surface area (Å²) in [5, 5.41) is 0. The number of hydrogen-bond acceptors (Lipinski definition) is 3. The first-order valence-corrected chi connectivity index (χ1v) is 6.04. The van der Waals surface area contributed by atoms with Gasteiger partial charge in [-0.25, -0.2) is 0 Å². The molecule has 0 bridgehead atoms. The minimum Gasteiger partial charge on any atom is -0.385 e. The van der Waals surface area contributed by atoms with Crippen LogP contribution in [-0.4, -0.2) is 30.9 Å². The van der Waals surface area contributed by atoms with Gasteiger partial charge >= 0.3 is 0 Å². The van der Waals surface area contributed by atoms with E-state index in [0.717, 1.165) is 38.2 Å². The lowest BCUT2D eigenvalue weighted by Crippen LogP contribution is -2.18. The summed E-state index contributed by atoms with van der Waals surface area (Å²) >= 11 is 0. The maximum atomic E-state index is 11.3. The fraction of sp³-hybridized carbons (Fsp3) is 0.500. The maximum absolute atomic E-state index is 11.3. The van der Waals surface area contributed by atoms with Crippen molar-refractivity contribution in [3.05, 3.63) is 34.9 Å². The van der Waals surface area contributed by atoms with E-state index in [1.165, 1.54) is 11.1 Å². The van der Waals surface area contributed by atoms with Crippen LogP contribution in [0.4, 0.5) is 0 Å². The van der Waals surface area contributed by atoms with Gasteiger partial charge in [-0.2, -0.15) is 0 Å². The number of nitrogens with zero attached hydrogens (tertiary/aromatic N) is 1. The number of methoxy groups -OCH3 is 1. The molecular formula is C14H19NO2. The zero-order chi connectivity index (χ0) is 12.3. The van der Waals surface area contributed by atoms with E-state index in [-0.39, 0.29) is 5.78 Å². The lowest BCUT2D eigenvalue weighted by atomic mass is 10.0. The molecule has 92 valence electrons. The van der Waals surface area contributed by atoms with Crippen LogP contribution in [0.2, 0.25) is 0 Å². The number of Topliss-reactive ketones (excluding diaryl/α,β-unsaturated/α-hetero) is 1. The van der Waals surface area contributed by atoms with E-state index < -0.39 is 0 Å². The van der Waals surface area contributed by atoms with Gasteiger partial charge in [-0.1, -0.05) is 12.1 Å². The Balaban J connectivity index is 1.99. The van der Waals surface area contributed by atoms with Crippen molar-refractivity contribution in [1.82, 2.24) is 4.90 Å². The van der Waals surface area contributed by atoms with Gasteiger partial charge in [-0.15, -0.1) is 0 Å². The van der Waals surface area contributed by atoms with Crippen LogP contribution in [-0.2, 0) is 17.8 Å². The van der Waals surface area contributed by atoms with E-state index in [2.05, 4.69) is 11.0 Å². The van der Waals surface area contributed by atoms with Gasteiger partial charge in [0, 0.05) is 38.9 Å². The lowest BCUT2D eigenvalue weighted by molar-refractivity contribution is 0.101. The van der Waals surface area contributed by atoms with E-state index in [1.807, 2.05) is 12.1 Å². The molecule has 0 saturated heterocycles. The Morgan fingerprint density at radius 3 is 2.82 bits per heavy atom. The Morgan fingerprint density at radius 2 is 2.12 bits per heavy atom. The summed E-state index contributed by atoms with van der Waals surface area (Å²) in [6.45, 7) is 5.44. The van der Waals surface area contributed by atoms with E-state index in [0.29, 0.717) is 0 Å². The van der Waals surface area contributed by atoms with E-state index >= 15 is 0 Å². The Bertz CT molecular complexity index is 415. The van der Waals surface area contributed by atoms with E-state index in [9.17, 15) is 4.79 Å². The Morgan fingerprint density at radius 1 is 1.35 bits per heavy atom. The standard InChI is InChI=1S/C14H19NO2/c1-11(16)12-4-5-13-9-15(6-3-7-17-2)10-14(13)8-12/h4-5,8H,3,6-7,9-10H2,1-2H3.